The number of anilines is 1. The van der Waals surface area contributed by atoms with E-state index >= 15 is 0 Å². The fraction of sp³-hybridized carbons (Fsp3) is 0.267. The number of rotatable bonds is 7. The molecule has 7 nitrogen and oxygen atoms in total. The van der Waals surface area contributed by atoms with Crippen molar-refractivity contribution in [2.45, 2.75) is 32.0 Å². The van der Waals surface area contributed by atoms with Gasteiger partial charge in [0.1, 0.15) is 6.54 Å². The number of carbonyl (C=O) groups excluding carboxylic acids is 2. The van der Waals surface area contributed by atoms with Crippen LogP contribution in [0.15, 0.2) is 84.9 Å². The second-order valence-electron chi connectivity index (χ2n) is 9.40. The average Bonchev–Trinajstić information content (AvgIpc) is 3.35. The number of nitrogens with zero attached hydrogens (tertiary/aromatic N) is 2. The summed E-state index contributed by atoms with van der Waals surface area (Å²) in [5.74, 6) is -0.371. The van der Waals surface area contributed by atoms with E-state index in [0.29, 0.717) is 18.8 Å². The van der Waals surface area contributed by atoms with E-state index in [1.807, 2.05) is 85.8 Å². The third kappa shape index (κ3) is 5.97. The molecule has 0 aromatic heterocycles. The van der Waals surface area contributed by atoms with Crippen molar-refractivity contribution in [2.24, 2.45) is 5.73 Å². The van der Waals surface area contributed by atoms with Gasteiger partial charge < -0.3 is 20.1 Å². The molecule has 0 spiro atoms. The first-order chi connectivity index (χ1) is 18.0. The van der Waals surface area contributed by atoms with Gasteiger partial charge >= 0.3 is 0 Å². The first-order valence-electron chi connectivity index (χ1n) is 12.6. The molecule has 2 heterocycles. The molecule has 2 fully saturated rings. The summed E-state index contributed by atoms with van der Waals surface area (Å²) < 4.78 is 11.2. The number of benzene rings is 3. The molecule has 3 aromatic rings. The minimum absolute atomic E-state index is 0.0138. The molecular formula is C30H31N3O4. The molecule has 2 amide bonds. The molecule has 2 saturated heterocycles. The quantitative estimate of drug-likeness (QED) is 0.491. The summed E-state index contributed by atoms with van der Waals surface area (Å²) in [4.78, 5) is 29.6. The van der Waals surface area contributed by atoms with Gasteiger partial charge in [0.25, 0.3) is 5.91 Å². The lowest BCUT2D eigenvalue weighted by Gasteiger charge is -2.34. The Bertz CT molecular complexity index is 1270. The smallest absolute Gasteiger partial charge is 0.251 e. The predicted molar refractivity (Wildman–Crippen MR) is 143 cm³/mol. The van der Waals surface area contributed by atoms with Gasteiger partial charge in [-0.15, -0.1) is 0 Å². The maximum absolute atomic E-state index is 13.3. The first-order valence-corrected chi connectivity index (χ1v) is 12.6. The zero-order valence-electron chi connectivity index (χ0n) is 20.8. The van der Waals surface area contributed by atoms with Crippen LogP contribution in [0.5, 0.6) is 0 Å². The summed E-state index contributed by atoms with van der Waals surface area (Å²) in [6.45, 7) is 2.95. The average molecular weight is 498 g/mol. The van der Waals surface area contributed by atoms with Crippen molar-refractivity contribution in [2.75, 3.05) is 24.5 Å². The number of likely N-dealkylation sites (tertiary alicyclic amines) is 1. The fourth-order valence-corrected chi connectivity index (χ4v) is 4.58. The monoisotopic (exact) mass is 497 g/mol. The normalized spacial score (nSPS) is 21.1. The zero-order chi connectivity index (χ0) is 25.8. The minimum Gasteiger partial charge on any atom is -0.340 e. The fourth-order valence-electron chi connectivity index (χ4n) is 4.58. The summed E-state index contributed by atoms with van der Waals surface area (Å²) in [7, 11) is 0. The lowest BCUT2D eigenvalue weighted by Crippen LogP contribution is -2.42. The summed E-state index contributed by atoms with van der Waals surface area (Å²) in [6.07, 6.45) is 3.51. The highest BCUT2D eigenvalue weighted by Gasteiger charge is 2.29. The van der Waals surface area contributed by atoms with Crippen LogP contribution in [0.1, 0.15) is 30.8 Å². The summed E-state index contributed by atoms with van der Waals surface area (Å²) >= 11 is 0. The second kappa shape index (κ2) is 11.1. The van der Waals surface area contributed by atoms with Gasteiger partial charge in [0, 0.05) is 36.5 Å². The molecule has 2 aliphatic rings. The van der Waals surface area contributed by atoms with Gasteiger partial charge in [0.05, 0.1) is 0 Å². The van der Waals surface area contributed by atoms with Crippen LogP contribution in [0, 0.1) is 0 Å². The van der Waals surface area contributed by atoms with Gasteiger partial charge in [-0.2, -0.15) is 0 Å². The van der Waals surface area contributed by atoms with Crippen molar-refractivity contribution >= 4 is 23.6 Å². The van der Waals surface area contributed by atoms with E-state index in [1.165, 1.54) is 11.0 Å². The van der Waals surface area contributed by atoms with E-state index in [0.717, 1.165) is 28.7 Å². The Morgan fingerprint density at radius 3 is 2.43 bits per heavy atom. The first kappa shape index (κ1) is 24.9. The summed E-state index contributed by atoms with van der Waals surface area (Å²) in [5, 5.41) is 0. The Morgan fingerprint density at radius 2 is 1.76 bits per heavy atom. The lowest BCUT2D eigenvalue weighted by atomic mass is 10.0. The molecule has 1 atom stereocenters. The second-order valence-corrected chi connectivity index (χ2v) is 9.40. The van der Waals surface area contributed by atoms with E-state index in [9.17, 15) is 9.59 Å². The van der Waals surface area contributed by atoms with Gasteiger partial charge in [-0.3, -0.25) is 14.5 Å². The Balaban J connectivity index is 1.36. The molecule has 2 N–H and O–H groups in total. The van der Waals surface area contributed by atoms with E-state index in [4.69, 9.17) is 15.2 Å². The van der Waals surface area contributed by atoms with Crippen molar-refractivity contribution in [1.82, 2.24) is 4.90 Å². The highest BCUT2D eigenvalue weighted by molar-refractivity contribution is 6.06. The topological polar surface area (TPSA) is 85.1 Å². The molecule has 7 heteroatoms. The van der Waals surface area contributed by atoms with Gasteiger partial charge in [0.2, 0.25) is 5.91 Å². The van der Waals surface area contributed by atoms with Gasteiger partial charge in [-0.05, 0) is 54.3 Å². The van der Waals surface area contributed by atoms with Crippen molar-refractivity contribution in [3.8, 4) is 11.1 Å². The number of ether oxygens (including phenoxy) is 2. The van der Waals surface area contributed by atoms with Crippen LogP contribution in [0.2, 0.25) is 0 Å². The van der Waals surface area contributed by atoms with E-state index in [-0.39, 0.29) is 37.0 Å². The molecular weight excluding hydrogens is 466 g/mol. The largest absolute Gasteiger partial charge is 0.340 e. The minimum atomic E-state index is -0.344. The van der Waals surface area contributed by atoms with Gasteiger partial charge in [-0.1, -0.05) is 60.7 Å². The van der Waals surface area contributed by atoms with Crippen LogP contribution in [0.25, 0.3) is 17.2 Å². The van der Waals surface area contributed by atoms with Crippen LogP contribution in [-0.2, 0) is 19.1 Å². The highest BCUT2D eigenvalue weighted by Crippen LogP contribution is 2.33. The van der Waals surface area contributed by atoms with Crippen molar-refractivity contribution in [3.05, 3.63) is 96.1 Å². The molecule has 0 radical (unpaired) electrons. The molecule has 3 aromatic carbocycles. The molecule has 0 unspecified atom stereocenters. The van der Waals surface area contributed by atoms with Crippen LogP contribution >= 0.6 is 0 Å². The predicted octanol–water partition coefficient (Wildman–Crippen LogP) is 4.35. The van der Waals surface area contributed by atoms with E-state index in [1.54, 1.807) is 11.0 Å². The molecule has 0 saturated carbocycles. The van der Waals surface area contributed by atoms with Crippen LogP contribution < -0.4 is 10.6 Å². The number of carbonyl (C=O) groups is 2. The number of amides is 2. The Morgan fingerprint density at radius 1 is 1.00 bits per heavy atom. The number of hydrogen-bond donors (Lipinski definition) is 1. The Labute approximate surface area is 217 Å². The molecule has 0 aliphatic carbocycles. The highest BCUT2D eigenvalue weighted by atomic mass is 16.9. The number of hydrogen-bond acceptors (Lipinski definition) is 5. The zero-order valence-corrected chi connectivity index (χ0v) is 20.8. The third-order valence-corrected chi connectivity index (χ3v) is 6.66. The van der Waals surface area contributed by atoms with Gasteiger partial charge in [-0.25, -0.2) is 0 Å². The molecule has 0 bridgehead atoms. The SMILES string of the molecule is CC1OC(c2cccc(-c3ccc(N(CC(=O)N4CC[C@H](N)C4)C(=O)/C=C/c4ccccc4)cc3)c2)O1. The summed E-state index contributed by atoms with van der Waals surface area (Å²) in [6, 6.07) is 25.3. The molecule has 190 valence electrons. The molecule has 2 aliphatic heterocycles. The summed E-state index contributed by atoms with van der Waals surface area (Å²) in [5.41, 5.74) is 10.5. The van der Waals surface area contributed by atoms with Gasteiger partial charge in [0.15, 0.2) is 12.6 Å². The maximum atomic E-state index is 13.3. The van der Waals surface area contributed by atoms with Crippen LogP contribution in [0.3, 0.4) is 0 Å². The van der Waals surface area contributed by atoms with Crippen LogP contribution in [0.4, 0.5) is 5.69 Å². The van der Waals surface area contributed by atoms with Crippen molar-refractivity contribution < 1.29 is 19.1 Å². The third-order valence-electron chi connectivity index (χ3n) is 6.66. The standard InChI is InChI=1S/C30H31N3O4/c1-21-36-30(37-21)25-9-5-8-24(18-25)23-11-13-27(14-12-23)33(20-29(35)32-17-16-26(31)19-32)28(34)15-10-22-6-3-2-4-7-22/h2-15,18,21,26,30H,16-17,19-20,31H2,1H3/b15-10+/t21?,26-,30?/m0/s1. The Hall–Kier alpha value is -3.78. The van der Waals surface area contributed by atoms with Crippen LogP contribution in [-0.4, -0.2) is 48.7 Å². The lowest BCUT2D eigenvalue weighted by molar-refractivity contribution is -0.382. The molecule has 5 rings (SSSR count). The van der Waals surface area contributed by atoms with Crippen molar-refractivity contribution in [1.29, 1.82) is 0 Å². The number of nitrogens with two attached hydrogens (primary N) is 1. The maximum Gasteiger partial charge on any atom is 0.251 e. The van der Waals surface area contributed by atoms with E-state index < -0.39 is 0 Å². The molecule has 37 heavy (non-hydrogen) atoms. The van der Waals surface area contributed by atoms with Crippen molar-refractivity contribution in [3.63, 3.8) is 0 Å². The Kier molecular flexibility index (Phi) is 7.46. The van der Waals surface area contributed by atoms with E-state index in [2.05, 4.69) is 0 Å².